The maximum atomic E-state index is 11.2. The normalized spacial score (nSPS) is 10.8. The van der Waals surface area contributed by atoms with Crippen LogP contribution in [0.5, 0.6) is 0 Å². The monoisotopic (exact) mass is 253 g/mol. The van der Waals surface area contributed by atoms with Crippen LogP contribution in [0, 0.1) is 11.3 Å². The average molecular weight is 253 g/mol. The lowest BCUT2D eigenvalue weighted by Gasteiger charge is -2.05. The fourth-order valence-corrected chi connectivity index (χ4v) is 1.65. The SMILES string of the molecule is COC(=O)/C(C#N)=N\Nc1cccc2ccccc12. The lowest BCUT2D eigenvalue weighted by molar-refractivity contribution is -0.132. The van der Waals surface area contributed by atoms with E-state index in [4.69, 9.17) is 5.26 Å². The highest BCUT2D eigenvalue weighted by Gasteiger charge is 2.10. The van der Waals surface area contributed by atoms with Crippen molar-refractivity contribution in [2.75, 3.05) is 12.5 Å². The quantitative estimate of drug-likeness (QED) is 0.517. The predicted molar refractivity (Wildman–Crippen MR) is 72.6 cm³/mol. The van der Waals surface area contributed by atoms with Crippen LogP contribution in [0.1, 0.15) is 0 Å². The number of rotatable bonds is 3. The third-order valence-corrected chi connectivity index (χ3v) is 2.56. The van der Waals surface area contributed by atoms with Crippen LogP contribution in [0.4, 0.5) is 5.69 Å². The lowest BCUT2D eigenvalue weighted by Crippen LogP contribution is -2.15. The smallest absolute Gasteiger partial charge is 0.369 e. The van der Waals surface area contributed by atoms with Crippen molar-refractivity contribution in [1.29, 1.82) is 5.26 Å². The van der Waals surface area contributed by atoms with Gasteiger partial charge in [-0.15, -0.1) is 0 Å². The number of benzene rings is 2. The van der Waals surface area contributed by atoms with E-state index in [2.05, 4.69) is 15.3 Å². The minimum Gasteiger partial charge on any atom is -0.464 e. The molecule has 0 aliphatic carbocycles. The predicted octanol–water partition coefficient (Wildman–Crippen LogP) is 2.30. The first-order valence-electron chi connectivity index (χ1n) is 5.56. The van der Waals surface area contributed by atoms with E-state index in [1.165, 1.54) is 7.11 Å². The van der Waals surface area contributed by atoms with Crippen LogP contribution in [0.15, 0.2) is 47.6 Å². The van der Waals surface area contributed by atoms with Crippen LogP contribution in [-0.4, -0.2) is 18.8 Å². The van der Waals surface area contributed by atoms with Crippen molar-refractivity contribution in [2.24, 2.45) is 5.10 Å². The maximum Gasteiger partial charge on any atom is 0.369 e. The van der Waals surface area contributed by atoms with Crippen molar-refractivity contribution < 1.29 is 9.53 Å². The largest absolute Gasteiger partial charge is 0.464 e. The van der Waals surface area contributed by atoms with Gasteiger partial charge in [-0.25, -0.2) is 4.79 Å². The number of anilines is 1. The van der Waals surface area contributed by atoms with Crippen molar-refractivity contribution >= 4 is 28.1 Å². The van der Waals surface area contributed by atoms with Crippen LogP contribution in [0.2, 0.25) is 0 Å². The fraction of sp³-hybridized carbons (Fsp3) is 0.0714. The highest BCUT2D eigenvalue weighted by molar-refractivity contribution is 6.43. The van der Waals surface area contributed by atoms with Crippen molar-refractivity contribution in [3.63, 3.8) is 0 Å². The number of hydrazone groups is 1. The molecule has 0 saturated heterocycles. The molecule has 0 amide bonds. The third-order valence-electron chi connectivity index (χ3n) is 2.56. The number of methoxy groups -OCH3 is 1. The van der Waals surface area contributed by atoms with E-state index >= 15 is 0 Å². The Kier molecular flexibility index (Phi) is 3.74. The summed E-state index contributed by atoms with van der Waals surface area (Å²) in [7, 11) is 1.20. The molecule has 0 aliphatic heterocycles. The molecule has 0 aromatic heterocycles. The molecule has 0 atom stereocenters. The van der Waals surface area contributed by atoms with Gasteiger partial charge in [0.1, 0.15) is 6.07 Å². The molecule has 2 aromatic carbocycles. The molecular formula is C14H11N3O2. The Bertz CT molecular complexity index is 681. The van der Waals surface area contributed by atoms with Gasteiger partial charge in [0.05, 0.1) is 12.8 Å². The second-order valence-electron chi connectivity index (χ2n) is 3.70. The van der Waals surface area contributed by atoms with Crippen LogP contribution < -0.4 is 5.43 Å². The van der Waals surface area contributed by atoms with Gasteiger partial charge >= 0.3 is 5.97 Å². The van der Waals surface area contributed by atoms with E-state index in [1.54, 1.807) is 6.07 Å². The zero-order chi connectivity index (χ0) is 13.7. The molecule has 94 valence electrons. The van der Waals surface area contributed by atoms with Crippen molar-refractivity contribution in [3.8, 4) is 6.07 Å². The molecular weight excluding hydrogens is 242 g/mol. The average Bonchev–Trinajstić information content (AvgIpc) is 2.47. The highest BCUT2D eigenvalue weighted by atomic mass is 16.5. The number of nitrogens with zero attached hydrogens (tertiary/aromatic N) is 2. The Labute approximate surface area is 110 Å². The minimum atomic E-state index is -0.768. The van der Waals surface area contributed by atoms with E-state index in [-0.39, 0.29) is 5.71 Å². The topological polar surface area (TPSA) is 74.5 Å². The molecule has 0 unspecified atom stereocenters. The van der Waals surface area contributed by atoms with E-state index < -0.39 is 5.97 Å². The number of esters is 1. The van der Waals surface area contributed by atoms with E-state index in [9.17, 15) is 4.79 Å². The van der Waals surface area contributed by atoms with Gasteiger partial charge in [0.2, 0.25) is 5.71 Å². The maximum absolute atomic E-state index is 11.2. The van der Waals surface area contributed by atoms with E-state index in [0.717, 1.165) is 16.5 Å². The molecule has 0 heterocycles. The number of nitrogens with one attached hydrogen (secondary N) is 1. The summed E-state index contributed by atoms with van der Waals surface area (Å²) in [5, 5.41) is 14.6. The molecule has 0 saturated carbocycles. The third kappa shape index (κ3) is 2.69. The Morgan fingerprint density at radius 3 is 2.74 bits per heavy atom. The molecule has 5 nitrogen and oxygen atoms in total. The summed E-state index contributed by atoms with van der Waals surface area (Å²) in [6, 6.07) is 15.1. The van der Waals surface area contributed by atoms with Gasteiger partial charge in [-0.2, -0.15) is 10.4 Å². The first kappa shape index (κ1) is 12.6. The Balaban J connectivity index is 2.34. The second-order valence-corrected chi connectivity index (χ2v) is 3.70. The van der Waals surface area contributed by atoms with Crippen LogP contribution in [-0.2, 0) is 9.53 Å². The zero-order valence-corrected chi connectivity index (χ0v) is 10.3. The van der Waals surface area contributed by atoms with Crippen molar-refractivity contribution in [1.82, 2.24) is 0 Å². The second kappa shape index (κ2) is 5.65. The number of ether oxygens (including phenoxy) is 1. The first-order valence-corrected chi connectivity index (χ1v) is 5.56. The molecule has 1 N–H and O–H groups in total. The summed E-state index contributed by atoms with van der Waals surface area (Å²) < 4.78 is 4.45. The molecule has 0 fully saturated rings. The van der Waals surface area contributed by atoms with Gasteiger partial charge in [-0.05, 0) is 11.5 Å². The molecule has 0 aliphatic rings. The van der Waals surface area contributed by atoms with E-state index in [1.807, 2.05) is 42.5 Å². The Morgan fingerprint density at radius 2 is 2.00 bits per heavy atom. The highest BCUT2D eigenvalue weighted by Crippen LogP contribution is 2.22. The molecule has 2 aromatic rings. The van der Waals surface area contributed by atoms with Crippen LogP contribution in [0.3, 0.4) is 0 Å². The first-order chi connectivity index (χ1) is 9.26. The summed E-state index contributed by atoms with van der Waals surface area (Å²) in [4.78, 5) is 11.2. The van der Waals surface area contributed by atoms with Crippen molar-refractivity contribution in [2.45, 2.75) is 0 Å². The number of hydrogen-bond acceptors (Lipinski definition) is 5. The van der Waals surface area contributed by atoms with Crippen molar-refractivity contribution in [3.05, 3.63) is 42.5 Å². The molecule has 19 heavy (non-hydrogen) atoms. The summed E-state index contributed by atoms with van der Waals surface area (Å²) in [5.41, 5.74) is 3.11. The van der Waals surface area contributed by atoms with Gasteiger partial charge in [-0.1, -0.05) is 36.4 Å². The molecule has 5 heteroatoms. The molecule has 0 spiro atoms. The van der Waals surface area contributed by atoms with Gasteiger partial charge < -0.3 is 4.74 Å². The van der Waals surface area contributed by atoms with Gasteiger partial charge in [0.15, 0.2) is 0 Å². The molecule has 0 radical (unpaired) electrons. The van der Waals surface area contributed by atoms with Crippen LogP contribution in [0.25, 0.3) is 10.8 Å². The standard InChI is InChI=1S/C14H11N3O2/c1-19-14(18)13(9-15)17-16-12-8-4-6-10-5-2-3-7-11(10)12/h2-8,16H,1H3/b17-13-. The lowest BCUT2D eigenvalue weighted by atomic mass is 10.1. The minimum absolute atomic E-state index is 0.324. The summed E-state index contributed by atoms with van der Waals surface area (Å²) in [6.45, 7) is 0. The van der Waals surface area contributed by atoms with Gasteiger partial charge in [0, 0.05) is 5.39 Å². The fourth-order valence-electron chi connectivity index (χ4n) is 1.65. The summed E-state index contributed by atoms with van der Waals surface area (Å²) in [5.74, 6) is -0.768. The number of hydrogen-bond donors (Lipinski definition) is 1. The Morgan fingerprint density at radius 1 is 1.26 bits per heavy atom. The van der Waals surface area contributed by atoms with Gasteiger partial charge in [-0.3, -0.25) is 5.43 Å². The Hall–Kier alpha value is -2.87. The number of carbonyl (C=O) groups excluding carboxylic acids is 1. The zero-order valence-electron chi connectivity index (χ0n) is 10.3. The van der Waals surface area contributed by atoms with Gasteiger partial charge in [0.25, 0.3) is 0 Å². The number of fused-ring (bicyclic) bond motifs is 1. The molecule has 2 rings (SSSR count). The number of carbonyl (C=O) groups is 1. The number of nitriles is 1. The van der Waals surface area contributed by atoms with E-state index in [0.29, 0.717) is 0 Å². The summed E-state index contributed by atoms with van der Waals surface area (Å²) >= 11 is 0. The van der Waals surface area contributed by atoms with Crippen LogP contribution >= 0.6 is 0 Å². The molecule has 0 bridgehead atoms. The summed E-state index contributed by atoms with van der Waals surface area (Å²) in [6.07, 6.45) is 0.